The molecule has 0 saturated heterocycles. The predicted molar refractivity (Wildman–Crippen MR) is 128 cm³/mol. The highest BCUT2D eigenvalue weighted by atomic mass is 31.2. The van der Waals surface area contributed by atoms with Crippen molar-refractivity contribution in [1.82, 2.24) is 15.3 Å². The lowest BCUT2D eigenvalue weighted by Gasteiger charge is -2.19. The molecule has 0 radical (unpaired) electrons. The van der Waals surface area contributed by atoms with E-state index in [1.165, 1.54) is 7.11 Å². The third-order valence-corrected chi connectivity index (χ3v) is 8.08. The smallest absolute Gasteiger partial charge is 0.268 e. The first-order valence-corrected chi connectivity index (χ1v) is 12.1. The Balaban J connectivity index is 1.92. The number of benzene rings is 2. The van der Waals surface area contributed by atoms with E-state index in [1.54, 1.807) is 55.7 Å². The van der Waals surface area contributed by atoms with Crippen molar-refractivity contribution in [2.75, 3.05) is 7.11 Å². The Bertz CT molecular complexity index is 1380. The minimum absolute atomic E-state index is 0.0212. The molecule has 33 heavy (non-hydrogen) atoms. The number of H-pyrrole nitrogens is 1. The van der Waals surface area contributed by atoms with Gasteiger partial charge in [0, 0.05) is 42.3 Å². The van der Waals surface area contributed by atoms with Crippen LogP contribution in [0.15, 0.2) is 54.9 Å². The van der Waals surface area contributed by atoms with Gasteiger partial charge in [-0.3, -0.25) is 14.3 Å². The van der Waals surface area contributed by atoms with Crippen LogP contribution in [0.25, 0.3) is 10.9 Å². The van der Waals surface area contributed by atoms with Crippen molar-refractivity contribution in [2.24, 2.45) is 0 Å². The monoisotopic (exact) mass is 465 g/mol. The first kappa shape index (κ1) is 22.9. The lowest BCUT2D eigenvalue weighted by Crippen LogP contribution is -2.30. The Morgan fingerprint density at radius 2 is 1.76 bits per heavy atom. The van der Waals surface area contributed by atoms with E-state index in [9.17, 15) is 9.36 Å². The lowest BCUT2D eigenvalue weighted by molar-refractivity contribution is 0.0947. The molecule has 8 heteroatoms. The van der Waals surface area contributed by atoms with Crippen molar-refractivity contribution in [3.05, 3.63) is 88.6 Å². The fraction of sp³-hybridized carbons (Fsp3) is 0.200. The number of carbonyl (C=O) groups excluding carboxylic acids is 1. The van der Waals surface area contributed by atoms with E-state index in [2.05, 4.69) is 15.3 Å². The maximum atomic E-state index is 15.4. The van der Waals surface area contributed by atoms with Gasteiger partial charge in [0.1, 0.15) is 11.5 Å². The number of carbonyl (C=O) groups is 1. The van der Waals surface area contributed by atoms with Crippen LogP contribution in [0.2, 0.25) is 0 Å². The number of halogens is 1. The molecule has 0 saturated carbocycles. The quantitative estimate of drug-likeness (QED) is 0.413. The zero-order valence-electron chi connectivity index (χ0n) is 18.9. The number of aryl methyl sites for hydroxylation is 3. The second-order valence-corrected chi connectivity index (χ2v) is 10.5. The summed E-state index contributed by atoms with van der Waals surface area (Å²) in [5.74, 6) is -1.04. The van der Waals surface area contributed by atoms with Crippen LogP contribution in [0.3, 0.4) is 0 Å². The van der Waals surface area contributed by atoms with E-state index < -0.39 is 19.1 Å². The molecule has 0 aliphatic rings. The van der Waals surface area contributed by atoms with Crippen LogP contribution in [0.5, 0.6) is 0 Å². The van der Waals surface area contributed by atoms with Gasteiger partial charge in [-0.05, 0) is 62.2 Å². The fourth-order valence-corrected chi connectivity index (χ4v) is 6.37. The molecule has 2 aromatic heterocycles. The second-order valence-electron chi connectivity index (χ2n) is 8.09. The molecule has 4 rings (SSSR count). The number of amides is 1. The zero-order chi connectivity index (χ0) is 23.8. The van der Waals surface area contributed by atoms with Gasteiger partial charge >= 0.3 is 0 Å². The minimum atomic E-state index is -3.83. The third kappa shape index (κ3) is 4.22. The molecular formula is C25H25FN3O3P. The second kappa shape index (κ2) is 8.93. The van der Waals surface area contributed by atoms with Crippen molar-refractivity contribution in [3.8, 4) is 0 Å². The van der Waals surface area contributed by atoms with Gasteiger partial charge in [0.15, 0.2) is 0 Å². The van der Waals surface area contributed by atoms with Crippen LogP contribution in [0.1, 0.15) is 32.7 Å². The minimum Gasteiger partial charge on any atom is -0.350 e. The molecule has 0 spiro atoms. The topological polar surface area (TPSA) is 84.1 Å². The van der Waals surface area contributed by atoms with Crippen LogP contribution in [0.4, 0.5) is 4.39 Å². The summed E-state index contributed by atoms with van der Waals surface area (Å²) >= 11 is 0. The van der Waals surface area contributed by atoms with Gasteiger partial charge in [0.05, 0.1) is 5.30 Å². The fourth-order valence-electron chi connectivity index (χ4n) is 4.01. The summed E-state index contributed by atoms with van der Waals surface area (Å²) in [6.45, 7) is 5.64. The average molecular weight is 465 g/mol. The van der Waals surface area contributed by atoms with Crippen molar-refractivity contribution >= 4 is 34.8 Å². The van der Waals surface area contributed by atoms with Crippen LogP contribution >= 0.6 is 7.37 Å². The van der Waals surface area contributed by atoms with Gasteiger partial charge in [0.25, 0.3) is 13.3 Å². The number of hydrogen-bond donors (Lipinski definition) is 2. The van der Waals surface area contributed by atoms with Crippen molar-refractivity contribution in [2.45, 2.75) is 27.3 Å². The van der Waals surface area contributed by atoms with E-state index in [4.69, 9.17) is 4.52 Å². The first-order valence-electron chi connectivity index (χ1n) is 10.5. The van der Waals surface area contributed by atoms with Crippen molar-refractivity contribution < 1.29 is 18.3 Å². The van der Waals surface area contributed by atoms with E-state index >= 15 is 4.39 Å². The van der Waals surface area contributed by atoms with Gasteiger partial charge in [-0.25, -0.2) is 4.39 Å². The standard InChI is InChI=1S/C25H25FN3O3P/c1-15-11-16(2)13-19(12-15)33(31,32-4)24-21-20(6-5-17(3)22(21)26)29-23(24)25(30)28-14-18-7-9-27-10-8-18/h5-13,29H,14H2,1-4H3,(H,28,30). The first-order chi connectivity index (χ1) is 15.7. The Kier molecular flexibility index (Phi) is 6.19. The highest BCUT2D eigenvalue weighted by Crippen LogP contribution is 2.48. The molecule has 4 aromatic rings. The van der Waals surface area contributed by atoms with Gasteiger partial charge < -0.3 is 14.8 Å². The van der Waals surface area contributed by atoms with Crippen LogP contribution in [-0.4, -0.2) is 23.0 Å². The number of nitrogens with zero attached hydrogens (tertiary/aromatic N) is 1. The summed E-state index contributed by atoms with van der Waals surface area (Å²) in [7, 11) is -2.51. The number of nitrogens with one attached hydrogen (secondary N) is 2. The summed E-state index contributed by atoms with van der Waals surface area (Å²) in [4.78, 5) is 20.2. The molecular weight excluding hydrogens is 440 g/mol. The third-order valence-electron chi connectivity index (χ3n) is 5.60. The van der Waals surface area contributed by atoms with Crippen LogP contribution in [0, 0.1) is 26.6 Å². The number of rotatable bonds is 6. The molecule has 1 amide bonds. The number of pyridine rings is 1. The van der Waals surface area contributed by atoms with E-state index in [-0.39, 0.29) is 22.9 Å². The predicted octanol–water partition coefficient (Wildman–Crippen LogP) is 4.43. The molecule has 0 aliphatic carbocycles. The molecule has 170 valence electrons. The molecule has 0 fully saturated rings. The molecule has 6 nitrogen and oxygen atoms in total. The summed E-state index contributed by atoms with van der Waals surface area (Å²) in [5.41, 5.74) is 3.42. The Labute approximate surface area is 191 Å². The van der Waals surface area contributed by atoms with Gasteiger partial charge in [-0.1, -0.05) is 23.3 Å². The number of hydrogen-bond acceptors (Lipinski definition) is 4. The lowest BCUT2D eigenvalue weighted by atomic mass is 10.1. The van der Waals surface area contributed by atoms with Crippen molar-refractivity contribution in [1.29, 1.82) is 0 Å². The normalized spacial score (nSPS) is 13.1. The highest BCUT2D eigenvalue weighted by Gasteiger charge is 2.37. The summed E-state index contributed by atoms with van der Waals surface area (Å²) in [6.07, 6.45) is 3.26. The molecule has 2 aromatic carbocycles. The summed E-state index contributed by atoms with van der Waals surface area (Å²) < 4.78 is 35.4. The Morgan fingerprint density at radius 3 is 2.39 bits per heavy atom. The van der Waals surface area contributed by atoms with E-state index in [1.807, 2.05) is 19.9 Å². The average Bonchev–Trinajstić information content (AvgIpc) is 3.20. The molecule has 2 N–H and O–H groups in total. The Morgan fingerprint density at radius 1 is 1.09 bits per heavy atom. The molecule has 2 heterocycles. The summed E-state index contributed by atoms with van der Waals surface area (Å²) in [5, 5.41) is 3.38. The maximum absolute atomic E-state index is 15.4. The molecule has 0 bridgehead atoms. The Hall–Kier alpha value is -3.28. The zero-order valence-corrected chi connectivity index (χ0v) is 19.8. The van der Waals surface area contributed by atoms with Gasteiger partial charge in [-0.2, -0.15) is 0 Å². The number of aromatic nitrogens is 2. The number of aromatic amines is 1. The SMILES string of the molecule is COP(=O)(c1cc(C)cc(C)c1)c1c(C(=O)NCc2ccncc2)[nH]c2ccc(C)c(F)c12. The van der Waals surface area contributed by atoms with Crippen LogP contribution in [-0.2, 0) is 15.6 Å². The molecule has 1 unspecified atom stereocenters. The van der Waals surface area contributed by atoms with Crippen molar-refractivity contribution in [3.63, 3.8) is 0 Å². The van der Waals surface area contributed by atoms with E-state index in [0.29, 0.717) is 16.4 Å². The van der Waals surface area contributed by atoms with Crippen LogP contribution < -0.4 is 15.9 Å². The van der Waals surface area contributed by atoms with Gasteiger partial charge in [-0.15, -0.1) is 0 Å². The maximum Gasteiger partial charge on any atom is 0.268 e. The van der Waals surface area contributed by atoms with Gasteiger partial charge in [0.2, 0.25) is 0 Å². The summed E-state index contributed by atoms with van der Waals surface area (Å²) in [6, 6.07) is 12.3. The highest BCUT2D eigenvalue weighted by molar-refractivity contribution is 7.75. The largest absolute Gasteiger partial charge is 0.350 e. The number of fused-ring (bicyclic) bond motifs is 1. The molecule has 1 atom stereocenters. The molecule has 0 aliphatic heterocycles. The van der Waals surface area contributed by atoms with E-state index in [0.717, 1.165) is 16.7 Å².